The molecule has 1 aromatic rings. The minimum Gasteiger partial charge on any atom is -0.260 e. The van der Waals surface area contributed by atoms with E-state index in [1.54, 1.807) is 0 Å². The van der Waals surface area contributed by atoms with E-state index >= 15 is 0 Å². The topological polar surface area (TPSA) is 12.9 Å². The summed E-state index contributed by atoms with van der Waals surface area (Å²) in [5.74, 6) is 0. The van der Waals surface area contributed by atoms with Crippen LogP contribution in [0.5, 0.6) is 0 Å². The Balaban J connectivity index is 2.46. The number of rotatable bonds is 4. The fourth-order valence-corrected chi connectivity index (χ4v) is 1.52. The van der Waals surface area contributed by atoms with E-state index in [2.05, 4.69) is 27.8 Å². The molecule has 1 nitrogen and oxygen atoms in total. The van der Waals surface area contributed by atoms with Gasteiger partial charge in [-0.2, -0.15) is 0 Å². The molecule has 12 heavy (non-hydrogen) atoms. The highest BCUT2D eigenvalue weighted by Crippen LogP contribution is 2.15. The Morgan fingerprint density at radius 2 is 2.25 bits per heavy atom. The Labute approximate surface area is 82.3 Å². The van der Waals surface area contributed by atoms with Gasteiger partial charge < -0.3 is 0 Å². The highest BCUT2D eigenvalue weighted by molar-refractivity contribution is 9.10. The smallest absolute Gasteiger partial charge is 0.0545 e. The van der Waals surface area contributed by atoms with Gasteiger partial charge in [-0.05, 0) is 40.9 Å². The molecule has 0 aliphatic rings. The van der Waals surface area contributed by atoms with Crippen molar-refractivity contribution in [2.75, 3.05) is 0 Å². The molecule has 2 heteroatoms. The summed E-state index contributed by atoms with van der Waals surface area (Å²) in [6.07, 6.45) is 6.27. The monoisotopic (exact) mass is 226 g/mol. The number of halogens is 1. The zero-order valence-electron chi connectivity index (χ0n) is 7.09. The van der Waals surface area contributed by atoms with Crippen molar-refractivity contribution < 1.29 is 0 Å². The Hall–Kier alpha value is -0.370. The van der Waals surface area contributed by atoms with Crippen LogP contribution in [0.4, 0.5) is 0 Å². The first-order valence-electron chi connectivity index (χ1n) is 4.23. The lowest BCUT2D eigenvalue weighted by Crippen LogP contribution is -1.90. The van der Waals surface area contributed by atoms with Crippen LogP contribution in [0, 0.1) is 6.92 Å². The van der Waals surface area contributed by atoms with Gasteiger partial charge in [-0.1, -0.05) is 19.8 Å². The predicted molar refractivity (Wildman–Crippen MR) is 54.8 cm³/mol. The molecular weight excluding hydrogens is 214 g/mol. The molecule has 0 bridgehead atoms. The van der Waals surface area contributed by atoms with Crippen LogP contribution in [0.25, 0.3) is 0 Å². The number of unbranched alkanes of at least 4 members (excludes halogenated alkanes) is 2. The summed E-state index contributed by atoms with van der Waals surface area (Å²) in [7, 11) is 0. The minimum absolute atomic E-state index is 1.02. The van der Waals surface area contributed by atoms with Crippen LogP contribution in [0.15, 0.2) is 22.8 Å². The Bertz CT molecular complexity index is 235. The van der Waals surface area contributed by atoms with E-state index in [-0.39, 0.29) is 0 Å². The molecule has 0 saturated carbocycles. The average Bonchev–Trinajstić information content (AvgIpc) is 2.09. The van der Waals surface area contributed by atoms with Crippen LogP contribution in [-0.2, 0) is 6.42 Å². The maximum Gasteiger partial charge on any atom is 0.0545 e. The summed E-state index contributed by atoms with van der Waals surface area (Å²) in [5.41, 5.74) is 1.16. The molecule has 1 heterocycles. The lowest BCUT2D eigenvalue weighted by molar-refractivity contribution is 0.731. The molecule has 0 amide bonds. The van der Waals surface area contributed by atoms with Crippen LogP contribution in [0.3, 0.4) is 0 Å². The van der Waals surface area contributed by atoms with E-state index in [4.69, 9.17) is 0 Å². The third-order valence-corrected chi connectivity index (χ3v) is 2.47. The molecule has 0 aliphatic heterocycles. The molecule has 0 aliphatic carbocycles. The van der Waals surface area contributed by atoms with Gasteiger partial charge in [0.15, 0.2) is 0 Å². The van der Waals surface area contributed by atoms with Crippen molar-refractivity contribution in [3.63, 3.8) is 0 Å². The third kappa shape index (κ3) is 2.94. The Kier molecular flexibility index (Phi) is 4.30. The van der Waals surface area contributed by atoms with Gasteiger partial charge in [-0.3, -0.25) is 4.98 Å². The SMILES string of the molecule is [CH2]CCCCc1ncccc1Br. The molecule has 0 saturated heterocycles. The summed E-state index contributed by atoms with van der Waals surface area (Å²) < 4.78 is 1.12. The normalized spacial score (nSPS) is 10.2. The van der Waals surface area contributed by atoms with Gasteiger partial charge in [0.25, 0.3) is 0 Å². The van der Waals surface area contributed by atoms with Gasteiger partial charge in [-0.25, -0.2) is 0 Å². The van der Waals surface area contributed by atoms with Crippen molar-refractivity contribution in [3.8, 4) is 0 Å². The second kappa shape index (κ2) is 5.31. The molecule has 1 rings (SSSR count). The third-order valence-electron chi connectivity index (χ3n) is 1.75. The highest BCUT2D eigenvalue weighted by atomic mass is 79.9. The lowest BCUT2D eigenvalue weighted by Gasteiger charge is -2.01. The molecular formula is C10H13BrN. The molecule has 1 radical (unpaired) electrons. The molecule has 1 aromatic heterocycles. The Morgan fingerprint density at radius 1 is 1.42 bits per heavy atom. The van der Waals surface area contributed by atoms with E-state index in [0.29, 0.717) is 0 Å². The molecule has 0 aromatic carbocycles. The van der Waals surface area contributed by atoms with Gasteiger partial charge >= 0.3 is 0 Å². The first-order valence-corrected chi connectivity index (χ1v) is 5.02. The summed E-state index contributed by atoms with van der Waals surface area (Å²) in [5, 5.41) is 0. The van der Waals surface area contributed by atoms with Crippen LogP contribution in [-0.4, -0.2) is 4.98 Å². The zero-order valence-corrected chi connectivity index (χ0v) is 8.68. The summed E-state index contributed by atoms with van der Waals surface area (Å²) >= 11 is 3.47. The number of pyridine rings is 1. The maximum absolute atomic E-state index is 4.28. The molecule has 0 N–H and O–H groups in total. The Morgan fingerprint density at radius 3 is 2.92 bits per heavy atom. The summed E-state index contributed by atoms with van der Waals surface area (Å²) in [6.45, 7) is 3.81. The average molecular weight is 227 g/mol. The largest absolute Gasteiger partial charge is 0.260 e. The van der Waals surface area contributed by atoms with Crippen molar-refractivity contribution in [2.45, 2.75) is 25.7 Å². The van der Waals surface area contributed by atoms with Gasteiger partial charge in [-0.15, -0.1) is 0 Å². The van der Waals surface area contributed by atoms with Crippen molar-refractivity contribution in [3.05, 3.63) is 35.4 Å². The fraction of sp³-hybridized carbons (Fsp3) is 0.400. The summed E-state index contributed by atoms with van der Waals surface area (Å²) in [4.78, 5) is 4.28. The van der Waals surface area contributed by atoms with Crippen molar-refractivity contribution >= 4 is 15.9 Å². The highest BCUT2D eigenvalue weighted by Gasteiger charge is 1.98. The first kappa shape index (κ1) is 9.72. The summed E-state index contributed by atoms with van der Waals surface area (Å²) in [6, 6.07) is 3.97. The molecule has 65 valence electrons. The molecule has 0 fully saturated rings. The van der Waals surface area contributed by atoms with Gasteiger partial charge in [0.05, 0.1) is 5.69 Å². The molecule has 0 atom stereocenters. The van der Waals surface area contributed by atoms with Crippen molar-refractivity contribution in [2.24, 2.45) is 0 Å². The van der Waals surface area contributed by atoms with Gasteiger partial charge in [0.2, 0.25) is 0 Å². The number of nitrogens with zero attached hydrogens (tertiary/aromatic N) is 1. The zero-order chi connectivity index (χ0) is 8.81. The van der Waals surface area contributed by atoms with E-state index in [0.717, 1.165) is 23.0 Å². The lowest BCUT2D eigenvalue weighted by atomic mass is 10.1. The van der Waals surface area contributed by atoms with Crippen LogP contribution in [0.1, 0.15) is 25.0 Å². The van der Waals surface area contributed by atoms with Crippen LogP contribution >= 0.6 is 15.9 Å². The van der Waals surface area contributed by atoms with Crippen molar-refractivity contribution in [1.29, 1.82) is 0 Å². The predicted octanol–water partition coefficient (Wildman–Crippen LogP) is 3.39. The van der Waals surface area contributed by atoms with E-state index in [9.17, 15) is 0 Å². The number of aromatic nitrogens is 1. The minimum atomic E-state index is 1.02. The van der Waals surface area contributed by atoms with Crippen LogP contribution in [0.2, 0.25) is 0 Å². The van der Waals surface area contributed by atoms with Gasteiger partial charge in [0.1, 0.15) is 0 Å². The second-order valence-corrected chi connectivity index (χ2v) is 3.60. The second-order valence-electron chi connectivity index (χ2n) is 2.74. The first-order chi connectivity index (χ1) is 5.84. The maximum atomic E-state index is 4.28. The quantitative estimate of drug-likeness (QED) is 0.718. The number of hydrogen-bond acceptors (Lipinski definition) is 1. The van der Waals surface area contributed by atoms with E-state index in [1.165, 1.54) is 12.8 Å². The molecule has 0 unspecified atom stereocenters. The van der Waals surface area contributed by atoms with Crippen LogP contribution < -0.4 is 0 Å². The van der Waals surface area contributed by atoms with Crippen molar-refractivity contribution in [1.82, 2.24) is 4.98 Å². The van der Waals surface area contributed by atoms with E-state index in [1.807, 2.05) is 18.3 Å². The van der Waals surface area contributed by atoms with E-state index < -0.39 is 0 Å². The number of aryl methyl sites for hydroxylation is 1. The van der Waals surface area contributed by atoms with Gasteiger partial charge in [0, 0.05) is 10.7 Å². The fourth-order valence-electron chi connectivity index (χ4n) is 1.07. The number of hydrogen-bond donors (Lipinski definition) is 0. The molecule has 0 spiro atoms. The standard InChI is InChI=1S/C10H13BrN/c1-2-3-4-7-10-9(11)6-5-8-12-10/h5-6,8H,1-4,7H2.